The van der Waals surface area contributed by atoms with E-state index in [1.807, 2.05) is 45.2 Å². The van der Waals surface area contributed by atoms with Gasteiger partial charge in [0.1, 0.15) is 6.54 Å². The number of amides is 1. The smallest absolute Gasteiger partial charge is 0.240 e. The SMILES string of the molecule is O=C(Cn1cc(I)c(=O)c(I)c1)NC[C@H]1CCCO1. The van der Waals surface area contributed by atoms with E-state index in [9.17, 15) is 9.59 Å². The maximum Gasteiger partial charge on any atom is 0.240 e. The van der Waals surface area contributed by atoms with Crippen LogP contribution in [0.3, 0.4) is 0 Å². The number of aromatic nitrogens is 1. The van der Waals surface area contributed by atoms with E-state index in [1.54, 1.807) is 17.0 Å². The van der Waals surface area contributed by atoms with Crippen molar-refractivity contribution in [3.8, 4) is 0 Å². The lowest BCUT2D eigenvalue weighted by Crippen LogP contribution is -2.34. The van der Waals surface area contributed by atoms with Crippen molar-refractivity contribution in [2.75, 3.05) is 13.2 Å². The summed E-state index contributed by atoms with van der Waals surface area (Å²) >= 11 is 3.97. The van der Waals surface area contributed by atoms with Gasteiger partial charge in [-0.15, -0.1) is 0 Å². The molecular weight excluding hydrogens is 474 g/mol. The summed E-state index contributed by atoms with van der Waals surface area (Å²) in [6, 6.07) is 0. The first-order chi connectivity index (χ1) is 9.06. The lowest BCUT2D eigenvalue weighted by Gasteiger charge is -2.12. The van der Waals surface area contributed by atoms with Crippen molar-refractivity contribution in [2.45, 2.75) is 25.5 Å². The normalized spacial score (nSPS) is 18.5. The molecule has 7 heteroatoms. The molecule has 0 bridgehead atoms. The highest BCUT2D eigenvalue weighted by atomic mass is 127. The van der Waals surface area contributed by atoms with Crippen LogP contribution in [0.25, 0.3) is 0 Å². The number of halogens is 2. The second-order valence-corrected chi connectivity index (χ2v) is 6.72. The fraction of sp³-hybridized carbons (Fsp3) is 0.500. The van der Waals surface area contributed by atoms with Gasteiger partial charge < -0.3 is 14.6 Å². The van der Waals surface area contributed by atoms with E-state index < -0.39 is 0 Å². The van der Waals surface area contributed by atoms with Crippen molar-refractivity contribution < 1.29 is 9.53 Å². The molecule has 0 radical (unpaired) electrons. The van der Waals surface area contributed by atoms with Crippen LogP contribution in [-0.2, 0) is 16.1 Å². The predicted molar refractivity (Wildman–Crippen MR) is 88.1 cm³/mol. The third kappa shape index (κ3) is 4.42. The van der Waals surface area contributed by atoms with E-state index in [0.29, 0.717) is 13.7 Å². The summed E-state index contributed by atoms with van der Waals surface area (Å²) < 4.78 is 8.42. The van der Waals surface area contributed by atoms with Gasteiger partial charge >= 0.3 is 0 Å². The highest BCUT2D eigenvalue weighted by molar-refractivity contribution is 14.1. The first-order valence-electron chi connectivity index (χ1n) is 5.99. The Morgan fingerprint density at radius 1 is 1.42 bits per heavy atom. The predicted octanol–water partition coefficient (Wildman–Crippen LogP) is 1.35. The zero-order valence-corrected chi connectivity index (χ0v) is 14.5. The summed E-state index contributed by atoms with van der Waals surface area (Å²) in [4.78, 5) is 23.4. The lowest BCUT2D eigenvalue weighted by molar-refractivity contribution is -0.122. The van der Waals surface area contributed by atoms with Gasteiger partial charge in [0.15, 0.2) is 0 Å². The second-order valence-electron chi connectivity index (χ2n) is 4.39. The average molecular weight is 488 g/mol. The quantitative estimate of drug-likeness (QED) is 0.652. The van der Waals surface area contributed by atoms with Crippen molar-refractivity contribution in [1.29, 1.82) is 0 Å². The number of carbonyl (C=O) groups excluding carboxylic acids is 1. The van der Waals surface area contributed by atoms with Crippen LogP contribution in [0.15, 0.2) is 17.2 Å². The van der Waals surface area contributed by atoms with Crippen molar-refractivity contribution in [3.63, 3.8) is 0 Å². The Morgan fingerprint density at radius 3 is 2.68 bits per heavy atom. The minimum Gasteiger partial charge on any atom is -0.376 e. The molecule has 0 saturated carbocycles. The molecule has 5 nitrogen and oxygen atoms in total. The molecule has 1 N–H and O–H groups in total. The molecule has 1 aliphatic heterocycles. The molecule has 104 valence electrons. The summed E-state index contributed by atoms with van der Waals surface area (Å²) in [5, 5.41) is 2.86. The molecule has 1 aromatic rings. The van der Waals surface area contributed by atoms with E-state index in [1.165, 1.54) is 0 Å². The van der Waals surface area contributed by atoms with Crippen LogP contribution < -0.4 is 10.7 Å². The second kappa shape index (κ2) is 7.02. The molecule has 0 aromatic carbocycles. The molecular formula is C12H14I2N2O3. The minimum atomic E-state index is -0.0641. The minimum absolute atomic E-state index is 0.0113. The van der Waals surface area contributed by atoms with Gasteiger partial charge in [0, 0.05) is 25.5 Å². The van der Waals surface area contributed by atoms with Gasteiger partial charge in [0.2, 0.25) is 11.3 Å². The number of rotatable bonds is 4. The monoisotopic (exact) mass is 488 g/mol. The summed E-state index contributed by atoms with van der Waals surface area (Å²) in [7, 11) is 0. The number of hydrogen-bond donors (Lipinski definition) is 1. The standard InChI is InChI=1S/C12H14I2N2O3/c13-9-5-16(6-10(14)12(9)18)7-11(17)15-4-8-2-1-3-19-8/h5-6,8H,1-4,7H2,(H,15,17)/t8-/m1/s1. The van der Waals surface area contributed by atoms with Gasteiger partial charge in [-0.3, -0.25) is 9.59 Å². The van der Waals surface area contributed by atoms with Crippen molar-refractivity contribution in [3.05, 3.63) is 29.8 Å². The van der Waals surface area contributed by atoms with Gasteiger partial charge in [-0.25, -0.2) is 0 Å². The van der Waals surface area contributed by atoms with Crippen LogP contribution in [-0.4, -0.2) is 29.7 Å². The van der Waals surface area contributed by atoms with Crippen LogP contribution >= 0.6 is 45.2 Å². The Hall–Kier alpha value is -0.160. The summed E-state index contributed by atoms with van der Waals surface area (Å²) in [6.07, 6.45) is 5.61. The van der Waals surface area contributed by atoms with Gasteiger partial charge in [0.05, 0.1) is 13.2 Å². The summed E-state index contributed by atoms with van der Waals surface area (Å²) in [5.74, 6) is -0.0641. The summed E-state index contributed by atoms with van der Waals surface area (Å²) in [5.41, 5.74) is 0.0113. The number of ether oxygens (including phenoxy) is 1. The number of carbonyl (C=O) groups is 1. The Labute approximate surface area is 138 Å². The van der Waals surface area contributed by atoms with Crippen LogP contribution in [0, 0.1) is 7.14 Å². The van der Waals surface area contributed by atoms with Gasteiger partial charge in [-0.1, -0.05) is 0 Å². The molecule has 0 aliphatic carbocycles. The summed E-state index contributed by atoms with van der Waals surface area (Å²) in [6.45, 7) is 1.57. The number of hydrogen-bond acceptors (Lipinski definition) is 3. The molecule has 1 atom stereocenters. The lowest BCUT2D eigenvalue weighted by atomic mass is 10.2. The van der Waals surface area contributed by atoms with Crippen LogP contribution in [0.5, 0.6) is 0 Å². The fourth-order valence-electron chi connectivity index (χ4n) is 1.91. The van der Waals surface area contributed by atoms with Gasteiger partial charge in [-0.05, 0) is 58.0 Å². The highest BCUT2D eigenvalue weighted by Crippen LogP contribution is 2.10. The van der Waals surface area contributed by atoms with E-state index >= 15 is 0 Å². The topological polar surface area (TPSA) is 60.3 Å². The van der Waals surface area contributed by atoms with E-state index in [2.05, 4.69) is 5.32 Å². The van der Waals surface area contributed by atoms with E-state index in [0.717, 1.165) is 19.4 Å². The average Bonchev–Trinajstić information content (AvgIpc) is 2.86. The number of pyridine rings is 1. The Balaban J connectivity index is 1.89. The first-order valence-corrected chi connectivity index (χ1v) is 8.15. The maximum atomic E-state index is 11.8. The Morgan fingerprint density at radius 2 is 2.11 bits per heavy atom. The number of nitrogens with one attached hydrogen (secondary N) is 1. The van der Waals surface area contributed by atoms with Crippen molar-refractivity contribution in [2.24, 2.45) is 0 Å². The Bertz CT molecular complexity index is 498. The zero-order valence-electron chi connectivity index (χ0n) is 10.2. The van der Waals surface area contributed by atoms with Crippen LogP contribution in [0.1, 0.15) is 12.8 Å². The highest BCUT2D eigenvalue weighted by Gasteiger charge is 2.16. The van der Waals surface area contributed by atoms with E-state index in [4.69, 9.17) is 4.74 Å². The third-order valence-corrected chi connectivity index (χ3v) is 4.41. The van der Waals surface area contributed by atoms with E-state index in [-0.39, 0.29) is 24.0 Å². The largest absolute Gasteiger partial charge is 0.376 e. The van der Waals surface area contributed by atoms with Gasteiger partial charge in [0.25, 0.3) is 0 Å². The molecule has 1 amide bonds. The molecule has 1 saturated heterocycles. The zero-order chi connectivity index (χ0) is 13.8. The molecule has 1 aromatic heterocycles. The van der Waals surface area contributed by atoms with Crippen molar-refractivity contribution in [1.82, 2.24) is 9.88 Å². The Kier molecular flexibility index (Phi) is 5.63. The third-order valence-electron chi connectivity index (χ3n) is 2.87. The number of nitrogens with zero attached hydrogens (tertiary/aromatic N) is 1. The molecule has 1 aliphatic rings. The molecule has 2 heterocycles. The van der Waals surface area contributed by atoms with Crippen molar-refractivity contribution >= 4 is 51.1 Å². The molecule has 0 unspecified atom stereocenters. The molecule has 19 heavy (non-hydrogen) atoms. The molecule has 0 spiro atoms. The van der Waals surface area contributed by atoms with Crippen LogP contribution in [0.4, 0.5) is 0 Å². The van der Waals surface area contributed by atoms with Crippen LogP contribution in [0.2, 0.25) is 0 Å². The molecule has 2 rings (SSSR count). The fourth-order valence-corrected chi connectivity index (χ4v) is 3.72. The van der Waals surface area contributed by atoms with Gasteiger partial charge in [-0.2, -0.15) is 0 Å². The maximum absolute atomic E-state index is 11.8. The molecule has 1 fully saturated rings. The first kappa shape index (κ1) is 15.2.